The van der Waals surface area contributed by atoms with E-state index in [0.717, 1.165) is 19.4 Å². The largest absolute Gasteiger partial charge is 0.358 e. The van der Waals surface area contributed by atoms with E-state index in [0.29, 0.717) is 0 Å². The topological polar surface area (TPSA) is 41.1 Å². The summed E-state index contributed by atoms with van der Waals surface area (Å²) >= 11 is 0. The Morgan fingerprint density at radius 1 is 1.42 bits per heavy atom. The minimum absolute atomic E-state index is 0.154. The first-order valence-corrected chi connectivity index (χ1v) is 4.72. The third kappa shape index (κ3) is 1.61. The highest BCUT2D eigenvalue weighted by Crippen LogP contribution is 2.29. The smallest absolute Gasteiger partial charge is 0.240 e. The van der Waals surface area contributed by atoms with Gasteiger partial charge in [-0.1, -0.05) is 19.8 Å². The molecule has 70 valence electrons. The summed E-state index contributed by atoms with van der Waals surface area (Å²) in [5, 5.41) is 6.03. The van der Waals surface area contributed by atoms with Crippen LogP contribution in [0.2, 0.25) is 0 Å². The van der Waals surface area contributed by atoms with Gasteiger partial charge in [0.15, 0.2) is 0 Å². The van der Waals surface area contributed by atoms with Crippen molar-refractivity contribution in [1.82, 2.24) is 10.6 Å². The second-order valence-electron chi connectivity index (χ2n) is 3.40. The third-order valence-corrected chi connectivity index (χ3v) is 2.63. The van der Waals surface area contributed by atoms with Crippen LogP contribution in [0.3, 0.4) is 0 Å². The van der Waals surface area contributed by atoms with Gasteiger partial charge in [0.05, 0.1) is 5.54 Å². The predicted octanol–water partition coefficient (Wildman–Crippen LogP) is 0.655. The molecule has 1 rings (SSSR count). The van der Waals surface area contributed by atoms with Crippen molar-refractivity contribution in [3.05, 3.63) is 0 Å². The van der Waals surface area contributed by atoms with Gasteiger partial charge in [-0.15, -0.1) is 0 Å². The Morgan fingerprint density at radius 3 is 2.42 bits per heavy atom. The Balaban J connectivity index is 2.64. The molecular weight excluding hydrogens is 152 g/mol. The average molecular weight is 170 g/mol. The SMILES string of the molecule is CCNC1(C(=O)NC)CCCC1. The van der Waals surface area contributed by atoms with Crippen molar-refractivity contribution in [2.45, 2.75) is 38.1 Å². The number of hydrogen-bond acceptors (Lipinski definition) is 2. The molecule has 0 aromatic heterocycles. The fourth-order valence-electron chi connectivity index (χ4n) is 2.04. The lowest BCUT2D eigenvalue weighted by Crippen LogP contribution is -2.54. The highest BCUT2D eigenvalue weighted by molar-refractivity contribution is 5.86. The second kappa shape index (κ2) is 3.90. The summed E-state index contributed by atoms with van der Waals surface area (Å²) in [6.45, 7) is 2.91. The standard InChI is InChI=1S/C9H18N2O/c1-3-11-9(8(12)10-2)6-4-5-7-9/h11H,3-7H2,1-2H3,(H,10,12). The molecule has 3 nitrogen and oxygen atoms in total. The van der Waals surface area contributed by atoms with Crippen molar-refractivity contribution < 1.29 is 4.79 Å². The van der Waals surface area contributed by atoms with E-state index < -0.39 is 0 Å². The first-order valence-electron chi connectivity index (χ1n) is 4.72. The van der Waals surface area contributed by atoms with E-state index in [9.17, 15) is 4.79 Å². The molecule has 12 heavy (non-hydrogen) atoms. The van der Waals surface area contributed by atoms with E-state index in [2.05, 4.69) is 10.6 Å². The maximum atomic E-state index is 11.6. The molecule has 1 amide bonds. The lowest BCUT2D eigenvalue weighted by atomic mass is 9.96. The summed E-state index contributed by atoms with van der Waals surface area (Å²) in [6.07, 6.45) is 4.31. The monoisotopic (exact) mass is 170 g/mol. The van der Waals surface area contributed by atoms with Crippen LogP contribution in [0.4, 0.5) is 0 Å². The molecule has 0 aliphatic heterocycles. The maximum Gasteiger partial charge on any atom is 0.240 e. The fourth-order valence-corrected chi connectivity index (χ4v) is 2.04. The van der Waals surface area contributed by atoms with Gasteiger partial charge in [-0.2, -0.15) is 0 Å². The van der Waals surface area contributed by atoms with Gasteiger partial charge in [0.2, 0.25) is 5.91 Å². The van der Waals surface area contributed by atoms with Crippen LogP contribution in [-0.2, 0) is 4.79 Å². The molecule has 0 heterocycles. The van der Waals surface area contributed by atoms with E-state index in [1.54, 1.807) is 7.05 Å². The number of amides is 1. The van der Waals surface area contributed by atoms with Crippen molar-refractivity contribution in [1.29, 1.82) is 0 Å². The zero-order valence-electron chi connectivity index (χ0n) is 7.94. The lowest BCUT2D eigenvalue weighted by Gasteiger charge is -2.27. The van der Waals surface area contributed by atoms with Gasteiger partial charge in [-0.05, 0) is 19.4 Å². The van der Waals surface area contributed by atoms with Gasteiger partial charge in [-0.3, -0.25) is 4.79 Å². The van der Waals surface area contributed by atoms with Crippen LogP contribution in [0.15, 0.2) is 0 Å². The van der Waals surface area contributed by atoms with Crippen LogP contribution in [-0.4, -0.2) is 25.0 Å². The molecule has 1 fully saturated rings. The molecule has 3 heteroatoms. The van der Waals surface area contributed by atoms with E-state index in [1.807, 2.05) is 6.92 Å². The number of likely N-dealkylation sites (N-methyl/N-ethyl adjacent to an activating group) is 2. The molecule has 1 saturated carbocycles. The number of carbonyl (C=O) groups excluding carboxylic acids is 1. The van der Waals surface area contributed by atoms with Crippen molar-refractivity contribution >= 4 is 5.91 Å². The summed E-state index contributed by atoms with van der Waals surface area (Å²) in [5.41, 5.74) is -0.247. The van der Waals surface area contributed by atoms with Crippen LogP contribution in [0.25, 0.3) is 0 Å². The summed E-state index contributed by atoms with van der Waals surface area (Å²) < 4.78 is 0. The molecule has 0 bridgehead atoms. The zero-order valence-corrected chi connectivity index (χ0v) is 7.94. The first-order chi connectivity index (χ1) is 5.75. The summed E-state index contributed by atoms with van der Waals surface area (Å²) in [7, 11) is 1.71. The fraction of sp³-hybridized carbons (Fsp3) is 0.889. The van der Waals surface area contributed by atoms with Crippen LogP contribution in [0.5, 0.6) is 0 Å². The Labute approximate surface area is 73.9 Å². The van der Waals surface area contributed by atoms with E-state index in [-0.39, 0.29) is 11.4 Å². The van der Waals surface area contributed by atoms with Crippen LogP contribution in [0.1, 0.15) is 32.6 Å². The molecule has 0 atom stereocenters. The van der Waals surface area contributed by atoms with Crippen molar-refractivity contribution in [2.75, 3.05) is 13.6 Å². The number of carbonyl (C=O) groups is 1. The molecule has 0 saturated heterocycles. The number of rotatable bonds is 3. The van der Waals surface area contributed by atoms with Crippen molar-refractivity contribution in [3.63, 3.8) is 0 Å². The van der Waals surface area contributed by atoms with Gasteiger partial charge >= 0.3 is 0 Å². The van der Waals surface area contributed by atoms with E-state index in [1.165, 1.54) is 12.8 Å². The Hall–Kier alpha value is -0.570. The van der Waals surface area contributed by atoms with E-state index >= 15 is 0 Å². The van der Waals surface area contributed by atoms with E-state index in [4.69, 9.17) is 0 Å². The molecule has 1 aliphatic rings. The van der Waals surface area contributed by atoms with Gasteiger partial charge in [0.1, 0.15) is 0 Å². The molecule has 0 unspecified atom stereocenters. The van der Waals surface area contributed by atoms with Crippen LogP contribution >= 0.6 is 0 Å². The summed E-state index contributed by atoms with van der Waals surface area (Å²) in [6, 6.07) is 0. The molecule has 0 spiro atoms. The Bertz CT molecular complexity index is 162. The minimum Gasteiger partial charge on any atom is -0.358 e. The maximum absolute atomic E-state index is 11.6. The predicted molar refractivity (Wildman–Crippen MR) is 48.9 cm³/mol. The Kier molecular flexibility index (Phi) is 3.09. The highest BCUT2D eigenvalue weighted by Gasteiger charge is 2.39. The zero-order chi connectivity index (χ0) is 9.03. The minimum atomic E-state index is -0.247. The quantitative estimate of drug-likeness (QED) is 0.653. The Morgan fingerprint density at radius 2 is 2.00 bits per heavy atom. The summed E-state index contributed by atoms with van der Waals surface area (Å²) in [4.78, 5) is 11.6. The normalized spacial score (nSPS) is 20.8. The highest BCUT2D eigenvalue weighted by atomic mass is 16.2. The molecular formula is C9H18N2O. The molecule has 2 N–H and O–H groups in total. The van der Waals surface area contributed by atoms with Crippen LogP contribution in [0, 0.1) is 0 Å². The number of nitrogens with one attached hydrogen (secondary N) is 2. The lowest BCUT2D eigenvalue weighted by molar-refractivity contribution is -0.127. The number of hydrogen-bond donors (Lipinski definition) is 2. The molecule has 0 aromatic carbocycles. The van der Waals surface area contributed by atoms with Crippen LogP contribution < -0.4 is 10.6 Å². The van der Waals surface area contributed by atoms with Crippen molar-refractivity contribution in [3.8, 4) is 0 Å². The average Bonchev–Trinajstić information content (AvgIpc) is 2.53. The first kappa shape index (κ1) is 9.52. The third-order valence-electron chi connectivity index (χ3n) is 2.63. The van der Waals surface area contributed by atoms with Gasteiger partial charge in [0.25, 0.3) is 0 Å². The van der Waals surface area contributed by atoms with Gasteiger partial charge in [0, 0.05) is 7.05 Å². The molecule has 0 aromatic rings. The second-order valence-corrected chi connectivity index (χ2v) is 3.40. The summed E-state index contributed by atoms with van der Waals surface area (Å²) in [5.74, 6) is 0.154. The van der Waals surface area contributed by atoms with Crippen molar-refractivity contribution in [2.24, 2.45) is 0 Å². The van der Waals surface area contributed by atoms with Gasteiger partial charge in [-0.25, -0.2) is 0 Å². The molecule has 1 aliphatic carbocycles. The van der Waals surface area contributed by atoms with Gasteiger partial charge < -0.3 is 10.6 Å². The molecule has 0 radical (unpaired) electrons.